The molecule has 0 spiro atoms. The van der Waals surface area contributed by atoms with Gasteiger partial charge in [-0.3, -0.25) is 0 Å². The van der Waals surface area contributed by atoms with Crippen molar-refractivity contribution in [2.75, 3.05) is 6.54 Å². The van der Waals surface area contributed by atoms with Crippen molar-refractivity contribution in [2.24, 2.45) is 0 Å². The summed E-state index contributed by atoms with van der Waals surface area (Å²) >= 11 is 0. The maximum absolute atomic E-state index is 11.2. The molecule has 3 heterocycles. The van der Waals surface area contributed by atoms with Crippen molar-refractivity contribution >= 4 is 0 Å². The highest BCUT2D eigenvalue weighted by Gasteiger charge is 2.17. The molecule has 6 heteroatoms. The van der Waals surface area contributed by atoms with E-state index in [1.54, 1.807) is 0 Å². The third kappa shape index (κ3) is 1.30. The normalized spacial score (nSPS) is 15.1. The molecule has 0 saturated carbocycles. The molecule has 84 valence electrons. The van der Waals surface area contributed by atoms with Gasteiger partial charge in [-0.05, 0) is 6.92 Å². The third-order valence-electron chi connectivity index (χ3n) is 2.90. The van der Waals surface area contributed by atoms with E-state index in [-0.39, 0.29) is 5.69 Å². The first-order chi connectivity index (χ1) is 7.75. The van der Waals surface area contributed by atoms with Gasteiger partial charge < -0.3 is 19.9 Å². The zero-order chi connectivity index (χ0) is 11.1. The number of nitrogens with zero attached hydrogens (tertiary/aromatic N) is 2. The van der Waals surface area contributed by atoms with Crippen LogP contribution in [0.15, 0.2) is 11.0 Å². The molecule has 6 nitrogen and oxygen atoms in total. The molecule has 0 amide bonds. The number of aromatic nitrogens is 4. The molecule has 0 fully saturated rings. The van der Waals surface area contributed by atoms with Crippen molar-refractivity contribution in [1.82, 2.24) is 24.8 Å². The predicted molar refractivity (Wildman–Crippen MR) is 59.1 cm³/mol. The van der Waals surface area contributed by atoms with Gasteiger partial charge in [-0.15, -0.1) is 0 Å². The van der Waals surface area contributed by atoms with Crippen LogP contribution >= 0.6 is 0 Å². The number of fused-ring (bicyclic) bond motifs is 1. The molecule has 16 heavy (non-hydrogen) atoms. The summed E-state index contributed by atoms with van der Waals surface area (Å²) in [6.45, 7) is 4.49. The Kier molecular flexibility index (Phi) is 1.97. The van der Waals surface area contributed by atoms with Crippen molar-refractivity contribution in [3.63, 3.8) is 0 Å². The lowest BCUT2D eigenvalue weighted by Gasteiger charge is -2.17. The van der Waals surface area contributed by atoms with Gasteiger partial charge in [0.25, 0.3) is 0 Å². The third-order valence-corrected chi connectivity index (χ3v) is 2.90. The van der Waals surface area contributed by atoms with Crippen LogP contribution in [0.4, 0.5) is 0 Å². The van der Waals surface area contributed by atoms with Gasteiger partial charge >= 0.3 is 5.69 Å². The van der Waals surface area contributed by atoms with Gasteiger partial charge in [0.05, 0.1) is 24.1 Å². The minimum Gasteiger partial charge on any atom is -0.324 e. The summed E-state index contributed by atoms with van der Waals surface area (Å²) in [6.07, 6.45) is 1.81. The second-order valence-corrected chi connectivity index (χ2v) is 3.97. The standard InChI is InChI=1S/C10H13N5O/c1-6-9(14-10(16)13-6)7-4-12-8-5-11-2-3-15(7)8/h4,11H,2-3,5H2,1H3,(H2,13,14,16). The summed E-state index contributed by atoms with van der Waals surface area (Å²) in [5, 5.41) is 3.26. The van der Waals surface area contributed by atoms with E-state index in [0.29, 0.717) is 0 Å². The van der Waals surface area contributed by atoms with Gasteiger partial charge in [0.2, 0.25) is 0 Å². The van der Waals surface area contributed by atoms with Crippen LogP contribution < -0.4 is 11.0 Å². The number of aromatic amines is 2. The summed E-state index contributed by atoms with van der Waals surface area (Å²) in [4.78, 5) is 21.1. The van der Waals surface area contributed by atoms with E-state index in [9.17, 15) is 4.79 Å². The molecule has 2 aromatic heterocycles. The van der Waals surface area contributed by atoms with Gasteiger partial charge in [0.15, 0.2) is 0 Å². The minimum absolute atomic E-state index is 0.169. The Morgan fingerprint density at radius 2 is 2.31 bits per heavy atom. The topological polar surface area (TPSA) is 78.5 Å². The van der Waals surface area contributed by atoms with Gasteiger partial charge in [0, 0.05) is 18.8 Å². The van der Waals surface area contributed by atoms with Crippen LogP contribution in [0.5, 0.6) is 0 Å². The molecule has 2 aromatic rings. The van der Waals surface area contributed by atoms with Crippen LogP contribution in [0.2, 0.25) is 0 Å². The summed E-state index contributed by atoms with van der Waals surface area (Å²) in [7, 11) is 0. The number of hydrogen-bond acceptors (Lipinski definition) is 3. The Balaban J connectivity index is 2.16. The SMILES string of the molecule is Cc1[nH]c(=O)[nH]c1-c1cnc2n1CCNC2. The van der Waals surface area contributed by atoms with Gasteiger partial charge in [-0.2, -0.15) is 0 Å². The van der Waals surface area contributed by atoms with E-state index in [1.165, 1.54) is 0 Å². The molecule has 1 aliphatic rings. The molecule has 0 unspecified atom stereocenters. The first kappa shape index (κ1) is 9.41. The number of aryl methyl sites for hydroxylation is 1. The second-order valence-electron chi connectivity index (χ2n) is 3.97. The Bertz CT molecular complexity index is 576. The first-order valence-corrected chi connectivity index (χ1v) is 5.30. The highest BCUT2D eigenvalue weighted by Crippen LogP contribution is 2.21. The molecule has 0 radical (unpaired) electrons. The van der Waals surface area contributed by atoms with E-state index < -0.39 is 0 Å². The number of nitrogens with one attached hydrogen (secondary N) is 3. The van der Waals surface area contributed by atoms with Crippen LogP contribution in [0.3, 0.4) is 0 Å². The zero-order valence-corrected chi connectivity index (χ0v) is 9.00. The van der Waals surface area contributed by atoms with Crippen LogP contribution in [0.25, 0.3) is 11.4 Å². The maximum Gasteiger partial charge on any atom is 0.323 e. The van der Waals surface area contributed by atoms with E-state index in [2.05, 4.69) is 24.8 Å². The van der Waals surface area contributed by atoms with E-state index in [4.69, 9.17) is 0 Å². The maximum atomic E-state index is 11.2. The summed E-state index contributed by atoms with van der Waals surface area (Å²) < 4.78 is 2.14. The predicted octanol–water partition coefficient (Wildman–Crippen LogP) is -0.0219. The van der Waals surface area contributed by atoms with Crippen LogP contribution in [0.1, 0.15) is 11.5 Å². The van der Waals surface area contributed by atoms with E-state index in [0.717, 1.165) is 42.5 Å². The average molecular weight is 219 g/mol. The fourth-order valence-electron chi connectivity index (χ4n) is 2.12. The molecule has 0 atom stereocenters. The fraction of sp³-hybridized carbons (Fsp3) is 0.400. The highest BCUT2D eigenvalue weighted by atomic mass is 16.1. The number of imidazole rings is 2. The molecule has 0 aliphatic carbocycles. The number of H-pyrrole nitrogens is 2. The molecular weight excluding hydrogens is 206 g/mol. The Hall–Kier alpha value is -1.82. The lowest BCUT2D eigenvalue weighted by Crippen LogP contribution is -2.28. The van der Waals surface area contributed by atoms with E-state index >= 15 is 0 Å². The van der Waals surface area contributed by atoms with Crippen molar-refractivity contribution in [3.05, 3.63) is 28.2 Å². The quantitative estimate of drug-likeness (QED) is 0.630. The minimum atomic E-state index is -0.169. The fourth-order valence-corrected chi connectivity index (χ4v) is 2.12. The van der Waals surface area contributed by atoms with Gasteiger partial charge in [0.1, 0.15) is 5.82 Å². The van der Waals surface area contributed by atoms with Crippen molar-refractivity contribution in [1.29, 1.82) is 0 Å². The second kappa shape index (κ2) is 3.34. The van der Waals surface area contributed by atoms with Gasteiger partial charge in [-0.25, -0.2) is 9.78 Å². The Morgan fingerprint density at radius 1 is 1.44 bits per heavy atom. The van der Waals surface area contributed by atoms with Crippen LogP contribution in [0, 0.1) is 6.92 Å². The summed E-state index contributed by atoms with van der Waals surface area (Å²) in [5.41, 5.74) is 2.50. The number of rotatable bonds is 1. The van der Waals surface area contributed by atoms with Crippen LogP contribution in [-0.4, -0.2) is 26.1 Å². The summed E-state index contributed by atoms with van der Waals surface area (Å²) in [6, 6.07) is 0. The van der Waals surface area contributed by atoms with Crippen molar-refractivity contribution < 1.29 is 0 Å². The molecule has 0 saturated heterocycles. The Labute approximate surface area is 91.7 Å². The zero-order valence-electron chi connectivity index (χ0n) is 9.00. The molecular formula is C10H13N5O. The lowest BCUT2D eigenvalue weighted by molar-refractivity contribution is 0.508. The molecule has 3 N–H and O–H groups in total. The number of hydrogen-bond donors (Lipinski definition) is 3. The Morgan fingerprint density at radius 3 is 3.06 bits per heavy atom. The highest BCUT2D eigenvalue weighted by molar-refractivity contribution is 5.57. The van der Waals surface area contributed by atoms with E-state index in [1.807, 2.05) is 13.1 Å². The van der Waals surface area contributed by atoms with Crippen LogP contribution in [-0.2, 0) is 13.1 Å². The molecule has 0 aromatic carbocycles. The monoisotopic (exact) mass is 219 g/mol. The largest absolute Gasteiger partial charge is 0.324 e. The van der Waals surface area contributed by atoms with Crippen molar-refractivity contribution in [3.8, 4) is 11.4 Å². The smallest absolute Gasteiger partial charge is 0.323 e. The first-order valence-electron chi connectivity index (χ1n) is 5.30. The van der Waals surface area contributed by atoms with Gasteiger partial charge in [-0.1, -0.05) is 0 Å². The average Bonchev–Trinajstić information content (AvgIpc) is 2.81. The lowest BCUT2D eigenvalue weighted by atomic mass is 10.2. The summed E-state index contributed by atoms with van der Waals surface area (Å²) in [5.74, 6) is 1.02. The molecule has 0 bridgehead atoms. The molecule has 1 aliphatic heterocycles. The molecule has 3 rings (SSSR count). The van der Waals surface area contributed by atoms with Crippen molar-refractivity contribution in [2.45, 2.75) is 20.0 Å².